The lowest BCUT2D eigenvalue weighted by Crippen LogP contribution is -2.11. The number of rotatable bonds is 1. The van der Waals surface area contributed by atoms with Crippen LogP contribution in [-0.4, -0.2) is 4.31 Å². The minimum Gasteiger partial charge on any atom is -0.661 e. The van der Waals surface area contributed by atoms with Gasteiger partial charge in [0.2, 0.25) is 0 Å². The summed E-state index contributed by atoms with van der Waals surface area (Å²) in [5.74, 6) is -3.28. The Morgan fingerprint density at radius 3 is 1.81 bits per heavy atom. The van der Waals surface area contributed by atoms with Crippen LogP contribution in [-0.2, 0) is 19.0 Å². The molecule has 0 radical (unpaired) electrons. The average molecular weight is 252 g/mol. The molecule has 1 aromatic carbocycles. The maximum atomic E-state index is 13.1. The van der Waals surface area contributed by atoms with Crippen LogP contribution >= 0.6 is 0 Å². The van der Waals surface area contributed by atoms with Gasteiger partial charge in [0, 0.05) is 17.5 Å². The molecule has 2 rings (SSSR count). The van der Waals surface area contributed by atoms with Gasteiger partial charge in [0.1, 0.15) is 17.2 Å². The fourth-order valence-electron chi connectivity index (χ4n) is 1.28. The van der Waals surface area contributed by atoms with Gasteiger partial charge in [0.25, 0.3) is 0 Å². The van der Waals surface area contributed by atoms with E-state index in [1.54, 1.807) is 0 Å². The number of alkyl halides is 3. The van der Waals surface area contributed by atoms with Crippen LogP contribution in [0.2, 0.25) is 0 Å². The highest BCUT2D eigenvalue weighted by Crippen LogP contribution is 2.37. The van der Waals surface area contributed by atoms with Crippen molar-refractivity contribution in [2.75, 3.05) is 0 Å². The van der Waals surface area contributed by atoms with Gasteiger partial charge in [0.15, 0.2) is 0 Å². The molecule has 7 heteroatoms. The van der Waals surface area contributed by atoms with Crippen LogP contribution in [0.3, 0.4) is 0 Å². The summed E-state index contributed by atoms with van der Waals surface area (Å²) in [4.78, 5) is 0. The number of halogens is 5. The standard InChI is InChI=1S/C9H3F5NS/c10-5-1-4(7-3-15(7)16)2-6(11)8(5)9(12,13)14/h1-3H/q-1. The lowest BCUT2D eigenvalue weighted by Gasteiger charge is -2.13. The Balaban J connectivity index is 2.48. The molecule has 86 valence electrons. The van der Waals surface area contributed by atoms with Gasteiger partial charge in [-0.3, -0.25) is 0 Å². The summed E-state index contributed by atoms with van der Waals surface area (Å²) >= 11 is 4.60. The Labute approximate surface area is 92.7 Å². The molecule has 0 atom stereocenters. The Hall–Kier alpha value is -1.24. The molecule has 0 saturated heterocycles. The largest absolute Gasteiger partial charge is 0.661 e. The first-order chi connectivity index (χ1) is 7.30. The molecule has 0 aromatic heterocycles. The lowest BCUT2D eigenvalue weighted by atomic mass is 10.1. The van der Waals surface area contributed by atoms with Gasteiger partial charge in [-0.2, -0.15) is 13.2 Å². The van der Waals surface area contributed by atoms with Crippen LogP contribution < -0.4 is 0 Å². The van der Waals surface area contributed by atoms with Gasteiger partial charge < -0.3 is 17.1 Å². The number of nitrogens with zero attached hydrogens (tertiary/aromatic N) is 1. The van der Waals surface area contributed by atoms with E-state index >= 15 is 0 Å². The van der Waals surface area contributed by atoms with E-state index < -0.39 is 23.4 Å². The maximum Gasteiger partial charge on any atom is 0.422 e. The maximum absolute atomic E-state index is 13.1. The minimum atomic E-state index is -5.04. The SMILES string of the molecule is Fc1cc(C2=CN2[S-])cc(F)c1C(F)(F)F. The van der Waals surface area contributed by atoms with Gasteiger partial charge in [-0.05, 0) is 12.1 Å². The molecule has 0 amide bonds. The summed E-state index contributed by atoms with van der Waals surface area (Å²) in [5, 5.41) is 0. The molecule has 0 fully saturated rings. The Bertz CT molecular complexity index is 456. The lowest BCUT2D eigenvalue weighted by molar-refractivity contribution is -0.142. The van der Waals surface area contributed by atoms with Gasteiger partial charge in [-0.15, -0.1) is 0 Å². The van der Waals surface area contributed by atoms with Gasteiger partial charge in [-0.25, -0.2) is 8.78 Å². The molecule has 1 nitrogen and oxygen atoms in total. The Morgan fingerprint density at radius 1 is 1.06 bits per heavy atom. The quantitative estimate of drug-likeness (QED) is 0.558. The average Bonchev–Trinajstić information content (AvgIpc) is 2.78. The Morgan fingerprint density at radius 2 is 1.50 bits per heavy atom. The van der Waals surface area contributed by atoms with Gasteiger partial charge >= 0.3 is 6.18 Å². The van der Waals surface area contributed by atoms with Crippen LogP contribution in [0.4, 0.5) is 22.0 Å². The monoisotopic (exact) mass is 252 g/mol. The molecule has 0 unspecified atom stereocenters. The zero-order valence-corrected chi connectivity index (χ0v) is 8.29. The van der Waals surface area contributed by atoms with E-state index in [0.29, 0.717) is 17.8 Å². The highest BCUT2D eigenvalue weighted by Gasteiger charge is 2.38. The van der Waals surface area contributed by atoms with Crippen molar-refractivity contribution in [1.29, 1.82) is 0 Å². The van der Waals surface area contributed by atoms with Gasteiger partial charge in [0.05, 0.1) is 0 Å². The molecule has 0 N–H and O–H groups in total. The molecule has 16 heavy (non-hydrogen) atoms. The summed E-state index contributed by atoms with van der Waals surface area (Å²) in [6.45, 7) is 0. The van der Waals surface area contributed by atoms with E-state index in [1.165, 1.54) is 6.20 Å². The molecule has 1 aromatic rings. The Kier molecular flexibility index (Phi) is 2.37. The van der Waals surface area contributed by atoms with E-state index in [2.05, 4.69) is 12.8 Å². The molecule has 0 aliphatic carbocycles. The van der Waals surface area contributed by atoms with Crippen LogP contribution in [0.5, 0.6) is 0 Å². The fraction of sp³-hybridized carbons (Fsp3) is 0.111. The third-order valence-corrected chi connectivity index (χ3v) is 2.33. The molecule has 0 saturated carbocycles. The molecule has 0 spiro atoms. The summed E-state index contributed by atoms with van der Waals surface area (Å²) < 4.78 is 63.9. The summed E-state index contributed by atoms with van der Waals surface area (Å²) in [6, 6.07) is 1.23. The molecule has 1 aliphatic rings. The van der Waals surface area contributed by atoms with E-state index in [0.717, 1.165) is 4.31 Å². The smallest absolute Gasteiger partial charge is 0.422 e. The topological polar surface area (TPSA) is 3.01 Å². The first kappa shape index (κ1) is 11.3. The minimum absolute atomic E-state index is 0.00185. The van der Waals surface area contributed by atoms with Crippen molar-refractivity contribution in [1.82, 2.24) is 4.31 Å². The second-order valence-corrected chi connectivity index (χ2v) is 3.55. The molecule has 0 bridgehead atoms. The van der Waals surface area contributed by atoms with E-state index in [-0.39, 0.29) is 5.56 Å². The van der Waals surface area contributed by atoms with Crippen LogP contribution in [0.25, 0.3) is 5.70 Å². The second kappa shape index (κ2) is 3.38. The van der Waals surface area contributed by atoms with E-state index in [1.807, 2.05) is 0 Å². The predicted octanol–water partition coefficient (Wildman–Crippen LogP) is 3.06. The van der Waals surface area contributed by atoms with Crippen molar-refractivity contribution < 1.29 is 22.0 Å². The zero-order chi connectivity index (χ0) is 12.1. The fourth-order valence-corrected chi connectivity index (χ4v) is 1.48. The molecule has 1 aliphatic heterocycles. The summed E-state index contributed by atoms with van der Waals surface area (Å²) in [5.41, 5.74) is -1.56. The normalized spacial score (nSPS) is 15.1. The first-order valence-corrected chi connectivity index (χ1v) is 4.42. The van der Waals surface area contributed by atoms with Crippen molar-refractivity contribution in [3.63, 3.8) is 0 Å². The highest BCUT2D eigenvalue weighted by molar-refractivity contribution is 7.57. The zero-order valence-electron chi connectivity index (χ0n) is 7.48. The van der Waals surface area contributed by atoms with Gasteiger partial charge in [-0.1, -0.05) is 0 Å². The number of hydrogen-bond acceptors (Lipinski definition) is 2. The van der Waals surface area contributed by atoms with Crippen molar-refractivity contribution in [3.8, 4) is 0 Å². The van der Waals surface area contributed by atoms with E-state index in [9.17, 15) is 22.0 Å². The van der Waals surface area contributed by atoms with Crippen molar-refractivity contribution in [3.05, 3.63) is 41.1 Å². The summed E-state index contributed by atoms with van der Waals surface area (Å²) in [7, 11) is 0. The van der Waals surface area contributed by atoms with Crippen LogP contribution in [0.1, 0.15) is 11.1 Å². The molecular weight excluding hydrogens is 249 g/mol. The van der Waals surface area contributed by atoms with Crippen LogP contribution in [0.15, 0.2) is 18.3 Å². The molecular formula is C9H3F5NS-. The predicted molar refractivity (Wildman–Crippen MR) is 48.5 cm³/mol. The van der Waals surface area contributed by atoms with E-state index in [4.69, 9.17) is 0 Å². The first-order valence-electron chi connectivity index (χ1n) is 4.05. The summed E-state index contributed by atoms with van der Waals surface area (Å²) in [6.07, 6.45) is -3.67. The molecule has 1 heterocycles. The van der Waals surface area contributed by atoms with Crippen LogP contribution in [0, 0.1) is 11.6 Å². The number of hydrogen-bond donors (Lipinski definition) is 0. The van der Waals surface area contributed by atoms with Crippen molar-refractivity contribution >= 4 is 18.5 Å². The number of benzene rings is 1. The van der Waals surface area contributed by atoms with Crippen molar-refractivity contribution in [2.45, 2.75) is 6.18 Å². The highest BCUT2D eigenvalue weighted by atomic mass is 32.1. The third-order valence-electron chi connectivity index (χ3n) is 2.03. The van der Waals surface area contributed by atoms with Crippen molar-refractivity contribution in [2.24, 2.45) is 0 Å². The third kappa shape index (κ3) is 1.87. The second-order valence-electron chi connectivity index (χ2n) is 3.15.